The Kier molecular flexibility index (Phi) is 2.81. The zero-order valence-corrected chi connectivity index (χ0v) is 9.36. The molecule has 0 aliphatic carbocycles. The summed E-state index contributed by atoms with van der Waals surface area (Å²) < 4.78 is 10.7. The number of nitrogens with zero attached hydrogens (tertiary/aromatic N) is 1. The van der Waals surface area contributed by atoms with Gasteiger partial charge < -0.3 is 15.0 Å². The Bertz CT molecular complexity index is 492. The number of benzene rings is 1. The summed E-state index contributed by atoms with van der Waals surface area (Å²) >= 11 is 0. The first-order valence-electron chi connectivity index (χ1n) is 5.18. The van der Waals surface area contributed by atoms with Crippen LogP contribution in [0.1, 0.15) is 12.5 Å². The normalized spacial score (nSPS) is 10.4. The molecule has 4 nitrogen and oxygen atoms in total. The average Bonchev–Trinajstić information content (AvgIpc) is 2.61. The third-order valence-electron chi connectivity index (χ3n) is 2.39. The summed E-state index contributed by atoms with van der Waals surface area (Å²) in [6.07, 6.45) is 0. The van der Waals surface area contributed by atoms with Gasteiger partial charge in [-0.3, -0.25) is 0 Å². The molecule has 0 radical (unpaired) electrons. The van der Waals surface area contributed by atoms with Crippen LogP contribution in [0.15, 0.2) is 28.8 Å². The van der Waals surface area contributed by atoms with Gasteiger partial charge in [-0.2, -0.15) is 0 Å². The monoisotopic (exact) mass is 218 g/mol. The number of hydrogen-bond donors (Lipinski definition) is 1. The van der Waals surface area contributed by atoms with Crippen molar-refractivity contribution in [2.75, 3.05) is 12.3 Å². The first-order chi connectivity index (χ1) is 7.74. The number of ether oxygens (including phenoxy) is 1. The fourth-order valence-electron chi connectivity index (χ4n) is 1.53. The van der Waals surface area contributed by atoms with Gasteiger partial charge in [0.05, 0.1) is 12.2 Å². The van der Waals surface area contributed by atoms with Crippen molar-refractivity contribution >= 4 is 5.82 Å². The molecule has 0 unspecified atom stereocenters. The van der Waals surface area contributed by atoms with Crippen LogP contribution >= 0.6 is 0 Å². The maximum atomic E-state index is 5.66. The number of anilines is 1. The van der Waals surface area contributed by atoms with Crippen molar-refractivity contribution in [3.05, 3.63) is 29.8 Å². The van der Waals surface area contributed by atoms with Gasteiger partial charge in [-0.25, -0.2) is 0 Å². The third-order valence-corrected chi connectivity index (χ3v) is 2.39. The molecule has 2 rings (SSSR count). The van der Waals surface area contributed by atoms with Gasteiger partial charge in [0, 0.05) is 5.56 Å². The summed E-state index contributed by atoms with van der Waals surface area (Å²) in [6.45, 7) is 4.43. The van der Waals surface area contributed by atoms with Crippen molar-refractivity contribution in [1.29, 1.82) is 0 Å². The van der Waals surface area contributed by atoms with Crippen molar-refractivity contribution in [2.24, 2.45) is 0 Å². The highest BCUT2D eigenvalue weighted by Gasteiger charge is 2.15. The number of rotatable bonds is 3. The van der Waals surface area contributed by atoms with Crippen LogP contribution in [-0.4, -0.2) is 11.8 Å². The molecule has 2 aromatic rings. The maximum absolute atomic E-state index is 5.66. The third kappa shape index (κ3) is 1.74. The Morgan fingerprint density at radius 2 is 2.12 bits per heavy atom. The molecule has 0 fully saturated rings. The minimum Gasteiger partial charge on any atom is -0.493 e. The molecule has 4 heteroatoms. The minimum absolute atomic E-state index is 0.418. The fourth-order valence-corrected chi connectivity index (χ4v) is 1.53. The Morgan fingerprint density at radius 3 is 2.75 bits per heavy atom. The highest BCUT2D eigenvalue weighted by Crippen LogP contribution is 2.33. The van der Waals surface area contributed by atoms with Crippen LogP contribution in [0, 0.1) is 6.92 Å². The van der Waals surface area contributed by atoms with Gasteiger partial charge in [-0.1, -0.05) is 17.3 Å². The van der Waals surface area contributed by atoms with E-state index in [0.717, 1.165) is 16.9 Å². The van der Waals surface area contributed by atoms with E-state index in [2.05, 4.69) is 5.16 Å². The molecule has 2 N–H and O–H groups in total. The van der Waals surface area contributed by atoms with Crippen LogP contribution in [0.3, 0.4) is 0 Å². The van der Waals surface area contributed by atoms with Crippen molar-refractivity contribution < 1.29 is 9.26 Å². The highest BCUT2D eigenvalue weighted by atomic mass is 16.5. The molecule has 0 spiro atoms. The summed E-state index contributed by atoms with van der Waals surface area (Å²) in [5, 5.41) is 3.74. The standard InChI is InChI=1S/C12H14N2O2/c1-3-15-10-7-5-4-6-9(10)11-8(2)12(13)14-16-11/h4-7H,3H2,1-2H3,(H2,13,14). The molecule has 84 valence electrons. The van der Waals surface area contributed by atoms with E-state index in [4.69, 9.17) is 15.0 Å². The van der Waals surface area contributed by atoms with Gasteiger partial charge in [0.1, 0.15) is 5.75 Å². The van der Waals surface area contributed by atoms with E-state index in [0.29, 0.717) is 18.2 Å². The van der Waals surface area contributed by atoms with Gasteiger partial charge in [0.25, 0.3) is 0 Å². The second-order valence-electron chi connectivity index (χ2n) is 3.45. The van der Waals surface area contributed by atoms with Crippen LogP contribution in [0.5, 0.6) is 5.75 Å². The minimum atomic E-state index is 0.418. The Morgan fingerprint density at radius 1 is 1.38 bits per heavy atom. The summed E-state index contributed by atoms with van der Waals surface area (Å²) in [5.74, 6) is 1.87. The van der Waals surface area contributed by atoms with Crippen LogP contribution in [-0.2, 0) is 0 Å². The molecule has 1 heterocycles. The zero-order valence-electron chi connectivity index (χ0n) is 9.36. The molecular weight excluding hydrogens is 204 g/mol. The Balaban J connectivity index is 2.51. The Hall–Kier alpha value is -1.97. The fraction of sp³-hybridized carbons (Fsp3) is 0.250. The topological polar surface area (TPSA) is 61.3 Å². The molecule has 1 aromatic carbocycles. The predicted molar refractivity (Wildman–Crippen MR) is 62.3 cm³/mol. The molecule has 0 saturated heterocycles. The lowest BCUT2D eigenvalue weighted by Gasteiger charge is -2.07. The Labute approximate surface area is 94.0 Å². The smallest absolute Gasteiger partial charge is 0.175 e. The summed E-state index contributed by atoms with van der Waals surface area (Å²) in [7, 11) is 0. The largest absolute Gasteiger partial charge is 0.493 e. The lowest BCUT2D eigenvalue weighted by molar-refractivity contribution is 0.339. The first-order valence-corrected chi connectivity index (χ1v) is 5.18. The molecule has 16 heavy (non-hydrogen) atoms. The number of hydrogen-bond acceptors (Lipinski definition) is 4. The van der Waals surface area contributed by atoms with Crippen LogP contribution < -0.4 is 10.5 Å². The van der Waals surface area contributed by atoms with Crippen LogP contribution in [0.4, 0.5) is 5.82 Å². The zero-order chi connectivity index (χ0) is 11.5. The second kappa shape index (κ2) is 4.26. The lowest BCUT2D eigenvalue weighted by atomic mass is 10.1. The van der Waals surface area contributed by atoms with Crippen LogP contribution in [0.25, 0.3) is 11.3 Å². The molecule has 1 aromatic heterocycles. The average molecular weight is 218 g/mol. The van der Waals surface area contributed by atoms with E-state index in [1.54, 1.807) is 0 Å². The predicted octanol–water partition coefficient (Wildman–Crippen LogP) is 2.63. The van der Waals surface area contributed by atoms with Crippen LogP contribution in [0.2, 0.25) is 0 Å². The van der Waals surface area contributed by atoms with E-state index >= 15 is 0 Å². The summed E-state index contributed by atoms with van der Waals surface area (Å²) in [5.41, 5.74) is 7.38. The number of para-hydroxylation sites is 1. The van der Waals surface area contributed by atoms with Crippen molar-refractivity contribution in [1.82, 2.24) is 5.16 Å². The maximum Gasteiger partial charge on any atom is 0.175 e. The molecule has 0 saturated carbocycles. The van der Waals surface area contributed by atoms with Gasteiger partial charge >= 0.3 is 0 Å². The van der Waals surface area contributed by atoms with Gasteiger partial charge in [0.15, 0.2) is 11.6 Å². The quantitative estimate of drug-likeness (QED) is 0.860. The van der Waals surface area contributed by atoms with Gasteiger partial charge in [-0.05, 0) is 26.0 Å². The molecule has 0 amide bonds. The lowest BCUT2D eigenvalue weighted by Crippen LogP contribution is -1.94. The molecule has 0 bridgehead atoms. The second-order valence-corrected chi connectivity index (χ2v) is 3.45. The summed E-state index contributed by atoms with van der Waals surface area (Å²) in [6, 6.07) is 7.68. The molecular formula is C12H14N2O2. The summed E-state index contributed by atoms with van der Waals surface area (Å²) in [4.78, 5) is 0. The highest BCUT2D eigenvalue weighted by molar-refractivity contribution is 5.71. The number of aromatic nitrogens is 1. The van der Waals surface area contributed by atoms with E-state index in [1.165, 1.54) is 0 Å². The number of nitrogens with two attached hydrogens (primary N) is 1. The molecule has 0 aliphatic heterocycles. The van der Waals surface area contributed by atoms with E-state index in [-0.39, 0.29) is 0 Å². The number of nitrogen functional groups attached to an aromatic ring is 1. The van der Waals surface area contributed by atoms with Crippen molar-refractivity contribution in [3.8, 4) is 17.1 Å². The van der Waals surface area contributed by atoms with Gasteiger partial charge in [0.2, 0.25) is 0 Å². The van der Waals surface area contributed by atoms with E-state index < -0.39 is 0 Å². The molecule has 0 atom stereocenters. The van der Waals surface area contributed by atoms with Crippen molar-refractivity contribution in [3.63, 3.8) is 0 Å². The van der Waals surface area contributed by atoms with E-state index in [9.17, 15) is 0 Å². The molecule has 0 aliphatic rings. The first kappa shape index (κ1) is 10.5. The van der Waals surface area contributed by atoms with Gasteiger partial charge in [-0.15, -0.1) is 0 Å². The SMILES string of the molecule is CCOc1ccccc1-c1onc(N)c1C. The van der Waals surface area contributed by atoms with Crippen molar-refractivity contribution in [2.45, 2.75) is 13.8 Å². The van der Waals surface area contributed by atoms with E-state index in [1.807, 2.05) is 38.1 Å².